The molecule has 0 aromatic heterocycles. The van der Waals surface area contributed by atoms with Crippen LogP contribution in [0.1, 0.15) is 29.5 Å². The summed E-state index contributed by atoms with van der Waals surface area (Å²) in [4.78, 5) is 18.2. The highest BCUT2D eigenvalue weighted by atomic mass is 16.5. The van der Waals surface area contributed by atoms with Gasteiger partial charge >= 0.3 is 11.9 Å². The smallest absolute Gasteiger partial charge is 0.414 e. The third-order valence-corrected chi connectivity index (χ3v) is 3.88. The van der Waals surface area contributed by atoms with Gasteiger partial charge < -0.3 is 25.0 Å². The molecule has 0 spiro atoms. The molecule has 1 aromatic rings. The highest BCUT2D eigenvalue weighted by Gasteiger charge is 2.14. The molecule has 7 nitrogen and oxygen atoms in total. The van der Waals surface area contributed by atoms with Crippen LogP contribution in [0, 0.1) is 20.8 Å². The van der Waals surface area contributed by atoms with Gasteiger partial charge in [-0.05, 0) is 56.4 Å². The van der Waals surface area contributed by atoms with E-state index >= 15 is 0 Å². The van der Waals surface area contributed by atoms with Crippen molar-refractivity contribution in [2.45, 2.75) is 39.7 Å². The molecule has 0 saturated carbocycles. The monoisotopic (exact) mass is 353 g/mol. The molecule has 2 rings (SSSR count). The fraction of sp³-hybridized carbons (Fsp3) is 0.556. The van der Waals surface area contributed by atoms with Gasteiger partial charge in [-0.25, -0.2) is 9.59 Å². The standard InChI is InChI=1S/C16H25NO2.C2H2O4/c1-12-9-13(2)14(3)16(10-12)19-8-6-17-11-15-5-4-7-18-15;3-1(4)2(5)6/h9-10,15,17H,4-8,11H2,1-3H3;(H,3,4)(H,5,6). The van der Waals surface area contributed by atoms with E-state index in [1.807, 2.05) is 0 Å². The summed E-state index contributed by atoms with van der Waals surface area (Å²) in [6, 6.07) is 4.31. The van der Waals surface area contributed by atoms with Crippen LogP contribution in [0.25, 0.3) is 0 Å². The van der Waals surface area contributed by atoms with Crippen LogP contribution in [0.15, 0.2) is 12.1 Å². The number of carboxylic acid groups (broad SMARTS) is 2. The summed E-state index contributed by atoms with van der Waals surface area (Å²) in [5.74, 6) is -2.64. The molecule has 1 aliphatic heterocycles. The van der Waals surface area contributed by atoms with Crippen LogP contribution in [0.3, 0.4) is 0 Å². The summed E-state index contributed by atoms with van der Waals surface area (Å²) in [6.07, 6.45) is 2.79. The SMILES string of the molecule is Cc1cc(C)c(C)c(OCCNCC2CCCO2)c1.O=C(O)C(=O)O. The van der Waals surface area contributed by atoms with Gasteiger partial charge in [-0.15, -0.1) is 0 Å². The molecular formula is C18H27NO6. The van der Waals surface area contributed by atoms with Crippen LogP contribution in [-0.4, -0.2) is 54.6 Å². The number of carbonyl (C=O) groups is 2. The summed E-state index contributed by atoms with van der Waals surface area (Å²) in [5, 5.41) is 18.2. The Labute approximate surface area is 147 Å². The zero-order valence-electron chi connectivity index (χ0n) is 15.0. The Kier molecular flexibility index (Phi) is 8.94. The molecule has 1 aliphatic rings. The molecule has 1 unspecified atom stereocenters. The molecule has 0 aliphatic carbocycles. The number of hydrogen-bond acceptors (Lipinski definition) is 5. The molecule has 1 fully saturated rings. The van der Waals surface area contributed by atoms with Gasteiger partial charge in [-0.1, -0.05) is 6.07 Å². The average Bonchev–Trinajstić information content (AvgIpc) is 3.05. The van der Waals surface area contributed by atoms with Gasteiger partial charge in [0, 0.05) is 19.7 Å². The molecule has 7 heteroatoms. The Bertz CT molecular complexity index is 569. The first kappa shape index (κ1) is 20.9. The first-order chi connectivity index (χ1) is 11.8. The van der Waals surface area contributed by atoms with E-state index in [0.717, 1.165) is 25.4 Å². The van der Waals surface area contributed by atoms with Crippen LogP contribution < -0.4 is 10.1 Å². The Morgan fingerprint density at radius 1 is 1.24 bits per heavy atom. The van der Waals surface area contributed by atoms with Gasteiger partial charge in [0.15, 0.2) is 0 Å². The first-order valence-electron chi connectivity index (χ1n) is 8.30. The van der Waals surface area contributed by atoms with E-state index in [4.69, 9.17) is 29.3 Å². The van der Waals surface area contributed by atoms with Crippen molar-refractivity contribution in [2.75, 3.05) is 26.3 Å². The van der Waals surface area contributed by atoms with E-state index < -0.39 is 11.9 Å². The predicted molar refractivity (Wildman–Crippen MR) is 93.3 cm³/mol. The number of rotatable bonds is 6. The minimum Gasteiger partial charge on any atom is -0.492 e. The van der Waals surface area contributed by atoms with Crippen molar-refractivity contribution < 1.29 is 29.3 Å². The molecule has 1 saturated heterocycles. The zero-order chi connectivity index (χ0) is 18.8. The summed E-state index contributed by atoms with van der Waals surface area (Å²) < 4.78 is 11.4. The number of hydrogen-bond donors (Lipinski definition) is 3. The Morgan fingerprint density at radius 3 is 2.48 bits per heavy atom. The van der Waals surface area contributed by atoms with Gasteiger partial charge in [0.25, 0.3) is 0 Å². The van der Waals surface area contributed by atoms with Crippen LogP contribution >= 0.6 is 0 Å². The topological polar surface area (TPSA) is 105 Å². The number of aryl methyl sites for hydroxylation is 2. The highest BCUT2D eigenvalue weighted by Crippen LogP contribution is 2.23. The molecule has 0 bridgehead atoms. The Balaban J connectivity index is 0.000000450. The van der Waals surface area contributed by atoms with E-state index in [1.165, 1.54) is 29.5 Å². The average molecular weight is 353 g/mol. The number of ether oxygens (including phenoxy) is 2. The number of carboxylic acids is 2. The lowest BCUT2D eigenvalue weighted by Crippen LogP contribution is -2.29. The van der Waals surface area contributed by atoms with Crippen molar-refractivity contribution in [3.05, 3.63) is 28.8 Å². The van der Waals surface area contributed by atoms with Crippen LogP contribution in [-0.2, 0) is 14.3 Å². The second kappa shape index (κ2) is 10.7. The third kappa shape index (κ3) is 8.00. The van der Waals surface area contributed by atoms with Crippen molar-refractivity contribution >= 4 is 11.9 Å². The van der Waals surface area contributed by atoms with Crippen molar-refractivity contribution in [1.29, 1.82) is 0 Å². The van der Waals surface area contributed by atoms with Gasteiger partial charge in [0.05, 0.1) is 6.10 Å². The minimum absolute atomic E-state index is 0.406. The molecule has 140 valence electrons. The van der Waals surface area contributed by atoms with Crippen molar-refractivity contribution in [2.24, 2.45) is 0 Å². The van der Waals surface area contributed by atoms with E-state index in [2.05, 4.69) is 38.2 Å². The molecule has 0 amide bonds. The molecule has 1 aromatic carbocycles. The third-order valence-electron chi connectivity index (χ3n) is 3.88. The maximum atomic E-state index is 9.10. The minimum atomic E-state index is -1.82. The quantitative estimate of drug-likeness (QED) is 0.530. The second-order valence-corrected chi connectivity index (χ2v) is 6.00. The normalized spacial score (nSPS) is 16.0. The molecule has 25 heavy (non-hydrogen) atoms. The summed E-state index contributed by atoms with van der Waals surface area (Å²) in [5.41, 5.74) is 3.79. The largest absolute Gasteiger partial charge is 0.492 e. The molecule has 1 atom stereocenters. The molecule has 0 radical (unpaired) electrons. The van der Waals surface area contributed by atoms with Crippen molar-refractivity contribution in [3.63, 3.8) is 0 Å². The van der Waals surface area contributed by atoms with Crippen LogP contribution in [0.5, 0.6) is 5.75 Å². The Morgan fingerprint density at radius 2 is 1.92 bits per heavy atom. The molecular weight excluding hydrogens is 326 g/mol. The van der Waals surface area contributed by atoms with Gasteiger partial charge in [-0.3, -0.25) is 0 Å². The van der Waals surface area contributed by atoms with Crippen molar-refractivity contribution in [1.82, 2.24) is 5.32 Å². The van der Waals surface area contributed by atoms with Gasteiger partial charge in [-0.2, -0.15) is 0 Å². The summed E-state index contributed by atoms with van der Waals surface area (Å²) in [6.45, 7) is 9.78. The maximum Gasteiger partial charge on any atom is 0.414 e. The fourth-order valence-electron chi connectivity index (χ4n) is 2.45. The lowest BCUT2D eigenvalue weighted by Gasteiger charge is -2.14. The first-order valence-corrected chi connectivity index (χ1v) is 8.30. The predicted octanol–water partition coefficient (Wildman–Crippen LogP) is 1.91. The zero-order valence-corrected chi connectivity index (χ0v) is 15.0. The number of benzene rings is 1. The van der Waals surface area contributed by atoms with Gasteiger partial charge in [0.1, 0.15) is 12.4 Å². The Hall–Kier alpha value is -2.12. The second-order valence-electron chi connectivity index (χ2n) is 6.00. The number of aliphatic carboxylic acids is 2. The molecule has 3 N–H and O–H groups in total. The fourth-order valence-corrected chi connectivity index (χ4v) is 2.45. The summed E-state index contributed by atoms with van der Waals surface area (Å²) >= 11 is 0. The van der Waals surface area contributed by atoms with Crippen molar-refractivity contribution in [3.8, 4) is 5.75 Å². The van der Waals surface area contributed by atoms with Crippen LogP contribution in [0.2, 0.25) is 0 Å². The van der Waals surface area contributed by atoms with Gasteiger partial charge in [0.2, 0.25) is 0 Å². The van der Waals surface area contributed by atoms with E-state index in [-0.39, 0.29) is 0 Å². The maximum absolute atomic E-state index is 9.10. The molecule has 1 heterocycles. The lowest BCUT2D eigenvalue weighted by molar-refractivity contribution is -0.159. The lowest BCUT2D eigenvalue weighted by atomic mass is 10.1. The van der Waals surface area contributed by atoms with Crippen LogP contribution in [0.4, 0.5) is 0 Å². The van der Waals surface area contributed by atoms with E-state index in [0.29, 0.717) is 12.7 Å². The highest BCUT2D eigenvalue weighted by molar-refractivity contribution is 6.27. The van der Waals surface area contributed by atoms with E-state index in [9.17, 15) is 0 Å². The van der Waals surface area contributed by atoms with E-state index in [1.54, 1.807) is 0 Å². The number of nitrogens with one attached hydrogen (secondary N) is 1. The summed E-state index contributed by atoms with van der Waals surface area (Å²) in [7, 11) is 0.